The summed E-state index contributed by atoms with van der Waals surface area (Å²) in [6, 6.07) is 5.18. The zero-order valence-electron chi connectivity index (χ0n) is 12.2. The summed E-state index contributed by atoms with van der Waals surface area (Å²) in [6.45, 7) is 9.68. The molecule has 0 aliphatic heterocycles. The molecule has 0 radical (unpaired) electrons. The largest absolute Gasteiger partial charge is 0.374 e. The monoisotopic (exact) mass is 264 g/mol. The normalized spacial score (nSPS) is 12.2. The average molecular weight is 264 g/mol. The lowest BCUT2D eigenvalue weighted by Gasteiger charge is -2.25. The fraction of sp³-hybridized carbons (Fsp3) is 0.500. The van der Waals surface area contributed by atoms with Gasteiger partial charge in [0.15, 0.2) is 0 Å². The molecule has 0 aliphatic carbocycles. The van der Waals surface area contributed by atoms with E-state index in [1.165, 1.54) is 6.07 Å². The van der Waals surface area contributed by atoms with Gasteiger partial charge in [-0.05, 0) is 50.1 Å². The SMILES string of the molecule is C=CCCCN(C)c1ccc(F)cc1C(C)NCC. The standard InChI is InChI=1S/C16H25FN2/c1-5-7-8-11-19(4)16-10-9-14(17)12-15(16)13(3)18-6-2/h5,9-10,12-13,18H,1,6-8,11H2,2-4H3. The molecule has 3 heteroatoms. The summed E-state index contributed by atoms with van der Waals surface area (Å²) in [7, 11) is 2.05. The van der Waals surface area contributed by atoms with Crippen LogP contribution in [0.1, 0.15) is 38.3 Å². The van der Waals surface area contributed by atoms with E-state index in [9.17, 15) is 4.39 Å². The molecule has 1 aromatic carbocycles. The molecular formula is C16H25FN2. The van der Waals surface area contributed by atoms with Gasteiger partial charge in [-0.25, -0.2) is 4.39 Å². The second-order valence-electron chi connectivity index (χ2n) is 4.83. The Morgan fingerprint density at radius 2 is 2.21 bits per heavy atom. The van der Waals surface area contributed by atoms with Crippen LogP contribution >= 0.6 is 0 Å². The summed E-state index contributed by atoms with van der Waals surface area (Å²) >= 11 is 0. The van der Waals surface area contributed by atoms with Gasteiger partial charge < -0.3 is 10.2 Å². The van der Waals surface area contributed by atoms with Gasteiger partial charge in [0.05, 0.1) is 0 Å². The van der Waals surface area contributed by atoms with Crippen molar-refractivity contribution in [3.05, 3.63) is 42.2 Å². The Bertz CT molecular complexity index is 404. The van der Waals surface area contributed by atoms with Crippen molar-refractivity contribution in [3.8, 4) is 0 Å². The number of nitrogens with zero attached hydrogens (tertiary/aromatic N) is 1. The molecule has 2 nitrogen and oxygen atoms in total. The summed E-state index contributed by atoms with van der Waals surface area (Å²) in [4.78, 5) is 2.19. The van der Waals surface area contributed by atoms with E-state index in [-0.39, 0.29) is 11.9 Å². The highest BCUT2D eigenvalue weighted by atomic mass is 19.1. The molecule has 0 aromatic heterocycles. The smallest absolute Gasteiger partial charge is 0.123 e. The lowest BCUT2D eigenvalue weighted by atomic mass is 10.0. The molecule has 1 atom stereocenters. The number of nitrogens with one attached hydrogen (secondary N) is 1. The maximum Gasteiger partial charge on any atom is 0.123 e. The lowest BCUT2D eigenvalue weighted by Crippen LogP contribution is -2.24. The van der Waals surface area contributed by atoms with E-state index < -0.39 is 0 Å². The average Bonchev–Trinajstić information content (AvgIpc) is 2.39. The van der Waals surface area contributed by atoms with Crippen molar-refractivity contribution < 1.29 is 4.39 Å². The first-order valence-corrected chi connectivity index (χ1v) is 6.95. The molecule has 106 valence electrons. The van der Waals surface area contributed by atoms with Crippen LogP contribution < -0.4 is 10.2 Å². The first-order valence-electron chi connectivity index (χ1n) is 6.95. The summed E-state index contributed by atoms with van der Waals surface area (Å²) in [5.74, 6) is -0.178. The molecule has 1 N–H and O–H groups in total. The molecule has 0 saturated heterocycles. The van der Waals surface area contributed by atoms with Crippen LogP contribution in [0.4, 0.5) is 10.1 Å². The highest BCUT2D eigenvalue weighted by Gasteiger charge is 2.13. The highest BCUT2D eigenvalue weighted by molar-refractivity contribution is 5.54. The van der Waals surface area contributed by atoms with Crippen molar-refractivity contribution in [1.82, 2.24) is 5.32 Å². The van der Waals surface area contributed by atoms with Gasteiger partial charge in [0.2, 0.25) is 0 Å². The first-order chi connectivity index (χ1) is 9.10. The number of unbranched alkanes of at least 4 members (excludes halogenated alkanes) is 1. The molecule has 0 spiro atoms. The Balaban J connectivity index is 2.88. The Hall–Kier alpha value is -1.35. The lowest BCUT2D eigenvalue weighted by molar-refractivity contribution is 0.581. The van der Waals surface area contributed by atoms with Crippen molar-refractivity contribution in [2.75, 3.05) is 25.0 Å². The van der Waals surface area contributed by atoms with E-state index >= 15 is 0 Å². The maximum absolute atomic E-state index is 13.5. The van der Waals surface area contributed by atoms with Crippen LogP contribution in [0, 0.1) is 5.82 Å². The van der Waals surface area contributed by atoms with Gasteiger partial charge >= 0.3 is 0 Å². The summed E-state index contributed by atoms with van der Waals surface area (Å²) in [5.41, 5.74) is 2.11. The summed E-state index contributed by atoms with van der Waals surface area (Å²) in [5, 5.41) is 3.34. The number of allylic oxidation sites excluding steroid dienone is 1. The number of hydrogen-bond donors (Lipinski definition) is 1. The van der Waals surface area contributed by atoms with Crippen molar-refractivity contribution in [2.45, 2.75) is 32.7 Å². The second-order valence-corrected chi connectivity index (χ2v) is 4.83. The summed E-state index contributed by atoms with van der Waals surface area (Å²) < 4.78 is 13.5. The second kappa shape index (κ2) is 7.95. The first kappa shape index (κ1) is 15.7. The van der Waals surface area contributed by atoms with Gasteiger partial charge in [-0.2, -0.15) is 0 Å². The molecule has 0 heterocycles. The van der Waals surface area contributed by atoms with E-state index in [4.69, 9.17) is 0 Å². The van der Waals surface area contributed by atoms with Gasteiger partial charge in [-0.3, -0.25) is 0 Å². The van der Waals surface area contributed by atoms with E-state index in [1.807, 2.05) is 12.1 Å². The van der Waals surface area contributed by atoms with Crippen LogP contribution in [-0.4, -0.2) is 20.1 Å². The molecular weight excluding hydrogens is 239 g/mol. The van der Waals surface area contributed by atoms with Crippen molar-refractivity contribution in [1.29, 1.82) is 0 Å². The van der Waals surface area contributed by atoms with E-state index in [1.54, 1.807) is 6.07 Å². The Morgan fingerprint density at radius 1 is 1.47 bits per heavy atom. The van der Waals surface area contributed by atoms with Gasteiger partial charge in [0.1, 0.15) is 5.82 Å². The van der Waals surface area contributed by atoms with Gasteiger partial charge in [-0.15, -0.1) is 6.58 Å². The quantitative estimate of drug-likeness (QED) is 0.566. The van der Waals surface area contributed by atoms with Gasteiger partial charge in [0.25, 0.3) is 0 Å². The minimum atomic E-state index is -0.178. The van der Waals surface area contributed by atoms with E-state index in [0.29, 0.717) is 0 Å². The Kier molecular flexibility index (Phi) is 6.57. The number of hydrogen-bond acceptors (Lipinski definition) is 2. The van der Waals surface area contributed by atoms with E-state index in [0.717, 1.165) is 37.2 Å². The molecule has 0 saturated carbocycles. The molecule has 0 aliphatic rings. The molecule has 1 rings (SSSR count). The highest BCUT2D eigenvalue weighted by Crippen LogP contribution is 2.26. The van der Waals surface area contributed by atoms with Crippen molar-refractivity contribution in [3.63, 3.8) is 0 Å². The zero-order chi connectivity index (χ0) is 14.3. The Morgan fingerprint density at radius 3 is 2.84 bits per heavy atom. The zero-order valence-corrected chi connectivity index (χ0v) is 12.2. The van der Waals surface area contributed by atoms with Crippen LogP contribution in [0.3, 0.4) is 0 Å². The topological polar surface area (TPSA) is 15.3 Å². The number of benzene rings is 1. The number of anilines is 1. The van der Waals surface area contributed by atoms with Crippen LogP contribution in [0.25, 0.3) is 0 Å². The number of rotatable bonds is 8. The Labute approximate surface area is 116 Å². The van der Waals surface area contributed by atoms with Crippen LogP contribution in [0.2, 0.25) is 0 Å². The molecule has 19 heavy (non-hydrogen) atoms. The van der Waals surface area contributed by atoms with Crippen molar-refractivity contribution >= 4 is 5.69 Å². The minimum Gasteiger partial charge on any atom is -0.374 e. The molecule has 0 fully saturated rings. The predicted molar refractivity (Wildman–Crippen MR) is 81.2 cm³/mol. The molecule has 1 aromatic rings. The molecule has 0 amide bonds. The summed E-state index contributed by atoms with van der Waals surface area (Å²) in [6.07, 6.45) is 4.00. The molecule has 0 bridgehead atoms. The third-order valence-electron chi connectivity index (χ3n) is 3.28. The maximum atomic E-state index is 13.5. The van der Waals surface area contributed by atoms with Crippen molar-refractivity contribution in [2.24, 2.45) is 0 Å². The third-order valence-corrected chi connectivity index (χ3v) is 3.28. The van der Waals surface area contributed by atoms with Crippen LogP contribution in [-0.2, 0) is 0 Å². The molecule has 1 unspecified atom stereocenters. The fourth-order valence-corrected chi connectivity index (χ4v) is 2.23. The fourth-order valence-electron chi connectivity index (χ4n) is 2.23. The van der Waals surface area contributed by atoms with Crippen LogP contribution in [0.5, 0.6) is 0 Å². The van der Waals surface area contributed by atoms with Gasteiger partial charge in [0, 0.05) is 25.3 Å². The number of halogens is 1. The predicted octanol–water partition coefficient (Wildman–Crippen LogP) is 3.90. The van der Waals surface area contributed by atoms with E-state index in [2.05, 4.69) is 37.7 Å². The minimum absolute atomic E-state index is 0.151. The van der Waals surface area contributed by atoms with Gasteiger partial charge in [-0.1, -0.05) is 13.0 Å². The van der Waals surface area contributed by atoms with Crippen LogP contribution in [0.15, 0.2) is 30.9 Å². The third kappa shape index (κ3) is 4.67.